The first kappa shape index (κ1) is 29.8. The summed E-state index contributed by atoms with van der Waals surface area (Å²) in [5.74, 6) is 0.160. The van der Waals surface area contributed by atoms with E-state index in [0.29, 0.717) is 70.3 Å². The van der Waals surface area contributed by atoms with Gasteiger partial charge in [-0.25, -0.2) is 4.39 Å². The van der Waals surface area contributed by atoms with Gasteiger partial charge < -0.3 is 9.80 Å². The fraction of sp³-hybridized carbons (Fsp3) is 0.290. The van der Waals surface area contributed by atoms with Gasteiger partial charge in [-0.1, -0.05) is 60.7 Å². The lowest BCUT2D eigenvalue weighted by Crippen LogP contribution is -2.48. The van der Waals surface area contributed by atoms with Gasteiger partial charge in [0.25, 0.3) is 11.5 Å². The maximum Gasteiger partial charge on any atom is 0.270 e. The lowest BCUT2D eigenvalue weighted by Gasteiger charge is -2.39. The number of carbonyl (C=O) groups excluding carboxylic acids is 1. The van der Waals surface area contributed by atoms with Gasteiger partial charge in [0.2, 0.25) is 0 Å². The highest BCUT2D eigenvalue weighted by Gasteiger charge is 2.34. The molecule has 42 heavy (non-hydrogen) atoms. The largest absolute Gasteiger partial charge is 0.368 e. The third-order valence-electron chi connectivity index (χ3n) is 7.50. The Labute approximate surface area is 258 Å². The van der Waals surface area contributed by atoms with Crippen molar-refractivity contribution in [3.63, 3.8) is 0 Å². The zero-order valence-corrected chi connectivity index (χ0v) is 25.7. The van der Waals surface area contributed by atoms with Gasteiger partial charge in [-0.15, -0.1) is 0 Å². The van der Waals surface area contributed by atoms with E-state index >= 15 is 0 Å². The molecule has 2 aliphatic rings. The highest BCUT2D eigenvalue weighted by atomic mass is 35.5. The van der Waals surface area contributed by atoms with Crippen LogP contribution in [0.15, 0.2) is 58.2 Å². The number of aromatic nitrogens is 1. The molecule has 2 aliphatic heterocycles. The predicted octanol–water partition coefficient (Wildman–Crippen LogP) is 5.96. The molecule has 0 bridgehead atoms. The molecular formula is C31H29ClFN5O2S2. The normalized spacial score (nSPS) is 16.5. The fourth-order valence-corrected chi connectivity index (χ4v) is 6.74. The smallest absolute Gasteiger partial charge is 0.270 e. The lowest BCUT2D eigenvalue weighted by atomic mass is 10.0. The summed E-state index contributed by atoms with van der Waals surface area (Å²) in [6, 6.07) is 15.8. The van der Waals surface area contributed by atoms with Gasteiger partial charge >= 0.3 is 0 Å². The van der Waals surface area contributed by atoms with E-state index in [-0.39, 0.29) is 29.4 Å². The van der Waals surface area contributed by atoms with E-state index < -0.39 is 0 Å². The number of carbonyl (C=O) groups is 1. The number of amides is 1. The number of nitrogens with zero attached hydrogens (tertiary/aromatic N) is 5. The van der Waals surface area contributed by atoms with Crippen molar-refractivity contribution in [1.29, 1.82) is 5.26 Å². The highest BCUT2D eigenvalue weighted by Crippen LogP contribution is 2.37. The van der Waals surface area contributed by atoms with E-state index in [4.69, 9.17) is 23.8 Å². The van der Waals surface area contributed by atoms with Gasteiger partial charge in [-0.3, -0.25) is 19.1 Å². The number of hydrogen-bond acceptors (Lipinski definition) is 7. The summed E-state index contributed by atoms with van der Waals surface area (Å²) in [7, 11) is 0. The van der Waals surface area contributed by atoms with Crippen molar-refractivity contribution in [2.75, 3.05) is 36.0 Å². The Morgan fingerprint density at radius 2 is 1.74 bits per heavy atom. The first-order valence-electron chi connectivity index (χ1n) is 13.6. The molecule has 216 valence electrons. The van der Waals surface area contributed by atoms with Gasteiger partial charge in [-0.2, -0.15) is 5.26 Å². The van der Waals surface area contributed by atoms with Crippen LogP contribution in [-0.2, 0) is 17.9 Å². The number of pyridine rings is 1. The van der Waals surface area contributed by atoms with Gasteiger partial charge in [0.1, 0.15) is 27.6 Å². The number of thiocarbonyl (C=S) groups is 1. The van der Waals surface area contributed by atoms with E-state index in [1.54, 1.807) is 35.8 Å². The molecular weight excluding hydrogens is 593 g/mol. The molecule has 0 aliphatic carbocycles. The van der Waals surface area contributed by atoms with Gasteiger partial charge in [-0.05, 0) is 60.9 Å². The van der Waals surface area contributed by atoms with E-state index in [0.717, 1.165) is 11.3 Å². The number of rotatable bonds is 7. The van der Waals surface area contributed by atoms with E-state index in [1.165, 1.54) is 28.8 Å². The molecule has 11 heteroatoms. The van der Waals surface area contributed by atoms with Crippen LogP contribution < -0.4 is 15.4 Å². The summed E-state index contributed by atoms with van der Waals surface area (Å²) in [5, 5.41) is 10.5. The first-order valence-corrected chi connectivity index (χ1v) is 15.3. The molecule has 0 radical (unpaired) electrons. The average molecular weight is 622 g/mol. The Kier molecular flexibility index (Phi) is 9.02. The van der Waals surface area contributed by atoms with E-state index in [9.17, 15) is 19.2 Å². The maximum atomic E-state index is 13.6. The maximum absolute atomic E-state index is 13.6. The number of halogens is 2. The predicted molar refractivity (Wildman–Crippen MR) is 171 cm³/mol. The Balaban J connectivity index is 1.53. The molecule has 0 saturated carbocycles. The second-order valence-electron chi connectivity index (χ2n) is 10.1. The van der Waals surface area contributed by atoms with Crippen LogP contribution >= 0.6 is 35.6 Å². The zero-order chi connectivity index (χ0) is 30.0. The molecule has 2 fully saturated rings. The van der Waals surface area contributed by atoms with Gasteiger partial charge in [0, 0.05) is 49.0 Å². The highest BCUT2D eigenvalue weighted by molar-refractivity contribution is 8.26. The summed E-state index contributed by atoms with van der Waals surface area (Å²) in [5.41, 5.74) is 2.64. The summed E-state index contributed by atoms with van der Waals surface area (Å²) >= 11 is 13.1. The first-order chi connectivity index (χ1) is 20.2. The quantitative estimate of drug-likeness (QED) is 0.238. The third kappa shape index (κ3) is 5.82. The number of benzene rings is 2. The Morgan fingerprint density at radius 3 is 2.38 bits per heavy atom. The number of nitriles is 1. The number of thioether (sulfide) groups is 1. The van der Waals surface area contributed by atoms with Crippen LogP contribution in [0.1, 0.15) is 35.6 Å². The van der Waals surface area contributed by atoms with Crippen LogP contribution in [-0.4, -0.2) is 45.9 Å². The zero-order valence-electron chi connectivity index (χ0n) is 23.3. The molecule has 2 aromatic carbocycles. The Bertz CT molecular complexity index is 1670. The molecule has 3 heterocycles. The minimum atomic E-state index is -0.337. The number of anilines is 2. The topological polar surface area (TPSA) is 72.6 Å². The molecule has 1 amide bonds. The molecule has 0 unspecified atom stereocenters. The second-order valence-corrected chi connectivity index (χ2v) is 12.2. The molecule has 2 saturated heterocycles. The Morgan fingerprint density at radius 1 is 1.07 bits per heavy atom. The van der Waals surface area contributed by atoms with Crippen molar-refractivity contribution in [2.24, 2.45) is 0 Å². The van der Waals surface area contributed by atoms with Gasteiger partial charge in [0.05, 0.1) is 11.4 Å². The summed E-state index contributed by atoms with van der Waals surface area (Å²) in [6.07, 6.45) is 2.46. The third-order valence-corrected chi connectivity index (χ3v) is 9.25. The Hall–Kier alpha value is -3.65. The summed E-state index contributed by atoms with van der Waals surface area (Å²) in [4.78, 5) is 33.4. The minimum Gasteiger partial charge on any atom is -0.368 e. The minimum absolute atomic E-state index is 0.0648. The van der Waals surface area contributed by atoms with Crippen LogP contribution in [0.25, 0.3) is 6.08 Å². The van der Waals surface area contributed by atoms with Crippen molar-refractivity contribution in [3.8, 4) is 6.07 Å². The standard InChI is InChI=1S/C31H29ClFN5O2S2/c1-3-12-37-28(36-15-13-35(14-16-36)23-10-8-22(33)9-11-23)24(20(2)25(18-34)29(37)39)17-27-30(40)38(31(41)42-27)19-21-6-4-5-7-26(21)32/h4-11,17H,3,12-16,19H2,1-2H3/b27-17+. The monoisotopic (exact) mass is 621 g/mol. The van der Waals surface area contributed by atoms with Crippen LogP contribution in [0.2, 0.25) is 5.02 Å². The van der Waals surface area contributed by atoms with Crippen molar-refractivity contribution in [1.82, 2.24) is 9.47 Å². The molecule has 5 rings (SSSR count). The molecule has 1 aromatic heterocycles. The molecule has 7 nitrogen and oxygen atoms in total. The van der Waals surface area contributed by atoms with Crippen molar-refractivity contribution >= 4 is 63.4 Å². The average Bonchev–Trinajstić information content (AvgIpc) is 3.25. The lowest BCUT2D eigenvalue weighted by molar-refractivity contribution is -0.122. The van der Waals surface area contributed by atoms with Gasteiger partial charge in [0.15, 0.2) is 0 Å². The van der Waals surface area contributed by atoms with E-state index in [1.807, 2.05) is 25.1 Å². The second kappa shape index (κ2) is 12.7. The SMILES string of the molecule is CCCn1c(N2CCN(c3ccc(F)cc3)CC2)c(/C=C2/SC(=S)N(Cc3ccccc3Cl)C2=O)c(C)c(C#N)c1=O. The molecule has 3 aromatic rings. The van der Waals surface area contributed by atoms with Crippen LogP contribution in [0, 0.1) is 24.1 Å². The number of hydrogen-bond donors (Lipinski definition) is 0. The fourth-order valence-electron chi connectivity index (χ4n) is 5.31. The number of piperazine rings is 1. The van der Waals surface area contributed by atoms with Crippen molar-refractivity contribution < 1.29 is 9.18 Å². The summed E-state index contributed by atoms with van der Waals surface area (Å²) in [6.45, 7) is 6.92. The van der Waals surface area contributed by atoms with Crippen LogP contribution in [0.4, 0.5) is 15.9 Å². The van der Waals surface area contributed by atoms with Crippen LogP contribution in [0.5, 0.6) is 0 Å². The molecule has 0 atom stereocenters. The summed E-state index contributed by atoms with van der Waals surface area (Å²) < 4.78 is 15.6. The van der Waals surface area contributed by atoms with Crippen molar-refractivity contribution in [2.45, 2.75) is 33.4 Å². The van der Waals surface area contributed by atoms with Crippen molar-refractivity contribution in [3.05, 3.63) is 96.9 Å². The van der Waals surface area contributed by atoms with Crippen LogP contribution in [0.3, 0.4) is 0 Å². The molecule has 0 N–H and O–H groups in total. The van der Waals surface area contributed by atoms with E-state index in [2.05, 4.69) is 15.9 Å². The molecule has 0 spiro atoms.